The summed E-state index contributed by atoms with van der Waals surface area (Å²) < 4.78 is 23.6. The molecule has 0 aromatic heterocycles. The number of nitrogens with one attached hydrogen (secondary N) is 1. The van der Waals surface area contributed by atoms with Gasteiger partial charge in [0.25, 0.3) is 0 Å². The zero-order valence-corrected chi connectivity index (χ0v) is 23.1. The molecule has 0 bridgehead atoms. The number of rotatable bonds is 6. The van der Waals surface area contributed by atoms with Crippen molar-refractivity contribution in [1.82, 2.24) is 14.7 Å². The molecule has 3 fully saturated rings. The van der Waals surface area contributed by atoms with Crippen LogP contribution in [0, 0.1) is 5.92 Å². The van der Waals surface area contributed by atoms with E-state index < -0.39 is 22.0 Å². The number of amides is 4. The fraction of sp³-hybridized carbons (Fsp3) is 0.483. The van der Waals surface area contributed by atoms with E-state index in [4.69, 9.17) is 0 Å². The molecule has 1 aliphatic carbocycles. The minimum Gasteiger partial charge on any atom is -0.337 e. The summed E-state index contributed by atoms with van der Waals surface area (Å²) in [5, 5.41) is 2.87. The number of hydrogen-bond acceptors (Lipinski definition) is 5. The molecule has 3 aliphatic rings. The Morgan fingerprint density at radius 1 is 0.974 bits per heavy atom. The van der Waals surface area contributed by atoms with Gasteiger partial charge in [-0.3, -0.25) is 9.59 Å². The Morgan fingerprint density at radius 3 is 2.33 bits per heavy atom. The summed E-state index contributed by atoms with van der Waals surface area (Å²) in [6.07, 6.45) is 6.47. The van der Waals surface area contributed by atoms with E-state index in [0.29, 0.717) is 18.7 Å². The van der Waals surface area contributed by atoms with E-state index >= 15 is 0 Å². The van der Waals surface area contributed by atoms with Gasteiger partial charge in [0.2, 0.25) is 11.8 Å². The fourth-order valence-corrected chi connectivity index (χ4v) is 6.77. The summed E-state index contributed by atoms with van der Waals surface area (Å²) in [6.45, 7) is 1.04. The quantitative estimate of drug-likeness (QED) is 0.590. The van der Waals surface area contributed by atoms with Gasteiger partial charge in [-0.15, -0.1) is 0 Å². The molecule has 1 N–H and O–H groups in total. The van der Waals surface area contributed by atoms with Gasteiger partial charge in [-0.2, -0.15) is 0 Å². The number of nitrogens with zero attached hydrogens (tertiary/aromatic N) is 3. The number of fused-ring (bicyclic) bond motifs is 1. The summed E-state index contributed by atoms with van der Waals surface area (Å²) in [6, 6.07) is 15.1. The highest BCUT2D eigenvalue weighted by atomic mass is 32.2. The minimum atomic E-state index is -3.35. The standard InChI is InChI=1S/C29H36N4O5S/c1-39(37,38)24-14-12-23(13-15-24)30-29(36)32-19-17-26(34)33-25(32)20-31(18-16-21-8-4-2-5-9-21)28(35)27(33)22-10-6-3-7-11-22/h2,4-5,8-9,12-15,22,25,27H,3,6-7,10-11,16-20H2,1H3,(H,30,36)/t25-,27+/m1/s1. The monoisotopic (exact) mass is 552 g/mol. The summed E-state index contributed by atoms with van der Waals surface area (Å²) in [4.78, 5) is 46.1. The molecule has 0 unspecified atom stereocenters. The van der Waals surface area contributed by atoms with Crippen LogP contribution in [-0.4, -0.2) is 79.1 Å². The molecule has 4 amide bonds. The van der Waals surface area contributed by atoms with Gasteiger partial charge in [-0.25, -0.2) is 13.2 Å². The first-order chi connectivity index (χ1) is 18.7. The van der Waals surface area contributed by atoms with Crippen molar-refractivity contribution in [3.8, 4) is 0 Å². The van der Waals surface area contributed by atoms with Crippen LogP contribution in [0.25, 0.3) is 0 Å². The molecule has 10 heteroatoms. The number of anilines is 1. The second kappa shape index (κ2) is 11.4. The van der Waals surface area contributed by atoms with Crippen LogP contribution in [0.3, 0.4) is 0 Å². The first-order valence-electron chi connectivity index (χ1n) is 13.7. The largest absolute Gasteiger partial charge is 0.337 e. The van der Waals surface area contributed by atoms with E-state index in [0.717, 1.165) is 43.9 Å². The van der Waals surface area contributed by atoms with Gasteiger partial charge in [-0.1, -0.05) is 49.6 Å². The molecule has 2 heterocycles. The van der Waals surface area contributed by atoms with Gasteiger partial charge in [0, 0.05) is 31.5 Å². The van der Waals surface area contributed by atoms with Crippen molar-refractivity contribution >= 4 is 33.4 Å². The van der Waals surface area contributed by atoms with Gasteiger partial charge in [0.15, 0.2) is 9.84 Å². The fourth-order valence-electron chi connectivity index (χ4n) is 6.14. The van der Waals surface area contributed by atoms with Gasteiger partial charge in [0.1, 0.15) is 12.2 Å². The minimum absolute atomic E-state index is 0.0129. The molecular formula is C29H36N4O5S. The average Bonchev–Trinajstić information content (AvgIpc) is 2.93. The van der Waals surface area contributed by atoms with Crippen LogP contribution in [0.5, 0.6) is 0 Å². The highest BCUT2D eigenvalue weighted by Crippen LogP contribution is 2.36. The van der Waals surface area contributed by atoms with Crippen molar-refractivity contribution in [3.63, 3.8) is 0 Å². The normalized spacial score (nSPS) is 22.5. The van der Waals surface area contributed by atoms with Gasteiger partial charge < -0.3 is 20.0 Å². The third-order valence-corrected chi connectivity index (χ3v) is 9.32. The zero-order chi connectivity index (χ0) is 27.6. The van der Waals surface area contributed by atoms with Crippen molar-refractivity contribution in [2.75, 3.05) is 31.2 Å². The van der Waals surface area contributed by atoms with Gasteiger partial charge in [0.05, 0.1) is 11.4 Å². The Bertz CT molecular complexity index is 1310. The Labute approximate surface area is 230 Å². The molecule has 5 rings (SSSR count). The first-order valence-corrected chi connectivity index (χ1v) is 15.6. The van der Waals surface area contributed by atoms with E-state index in [1.54, 1.807) is 21.9 Å². The van der Waals surface area contributed by atoms with E-state index in [9.17, 15) is 22.8 Å². The third kappa shape index (κ3) is 5.95. The molecule has 0 radical (unpaired) electrons. The number of sulfone groups is 1. The maximum atomic E-state index is 13.9. The van der Waals surface area contributed by atoms with Gasteiger partial charge >= 0.3 is 6.03 Å². The SMILES string of the molecule is CS(=O)(=O)c1ccc(NC(=O)N2CCC(=O)N3[C@@H](C4CCCCC4)C(=O)N(CCc4ccccc4)C[C@H]23)cc1. The van der Waals surface area contributed by atoms with Crippen molar-refractivity contribution in [3.05, 3.63) is 60.2 Å². The molecule has 1 saturated carbocycles. The average molecular weight is 553 g/mol. The number of piperazine rings is 1. The number of hydrogen-bond donors (Lipinski definition) is 1. The van der Waals surface area contributed by atoms with Crippen molar-refractivity contribution in [1.29, 1.82) is 0 Å². The number of urea groups is 1. The molecule has 2 saturated heterocycles. The maximum Gasteiger partial charge on any atom is 0.323 e. The molecule has 9 nitrogen and oxygen atoms in total. The van der Waals surface area contributed by atoms with Crippen LogP contribution >= 0.6 is 0 Å². The maximum absolute atomic E-state index is 13.9. The summed E-state index contributed by atoms with van der Waals surface area (Å²) >= 11 is 0. The van der Waals surface area contributed by atoms with E-state index in [1.165, 1.54) is 12.1 Å². The number of benzene rings is 2. The molecule has 39 heavy (non-hydrogen) atoms. The van der Waals surface area contributed by atoms with Crippen LogP contribution in [0.2, 0.25) is 0 Å². The highest BCUT2D eigenvalue weighted by Gasteiger charge is 2.51. The highest BCUT2D eigenvalue weighted by molar-refractivity contribution is 7.90. The summed E-state index contributed by atoms with van der Waals surface area (Å²) in [5.41, 5.74) is 1.60. The van der Waals surface area contributed by atoms with E-state index in [1.807, 2.05) is 35.2 Å². The van der Waals surface area contributed by atoms with Crippen LogP contribution in [-0.2, 0) is 25.8 Å². The number of carbonyl (C=O) groups is 3. The lowest BCUT2D eigenvalue weighted by atomic mass is 9.81. The molecule has 2 atom stereocenters. The summed E-state index contributed by atoms with van der Waals surface area (Å²) in [5.74, 6) is -0.00184. The lowest BCUT2D eigenvalue weighted by Crippen LogP contribution is -2.73. The van der Waals surface area contributed by atoms with Crippen molar-refractivity contribution in [2.45, 2.75) is 62.0 Å². The van der Waals surface area contributed by atoms with Crippen LogP contribution < -0.4 is 5.32 Å². The molecule has 2 aromatic carbocycles. The smallest absolute Gasteiger partial charge is 0.323 e. The van der Waals surface area contributed by atoms with E-state index in [2.05, 4.69) is 5.32 Å². The van der Waals surface area contributed by atoms with Crippen LogP contribution in [0.1, 0.15) is 44.1 Å². The van der Waals surface area contributed by atoms with Crippen molar-refractivity contribution < 1.29 is 22.8 Å². The molecule has 208 valence electrons. The topological polar surface area (TPSA) is 107 Å². The van der Waals surface area contributed by atoms with E-state index in [-0.39, 0.29) is 48.2 Å². The molecule has 2 aromatic rings. The zero-order valence-electron chi connectivity index (χ0n) is 22.3. The lowest BCUT2D eigenvalue weighted by Gasteiger charge is -2.54. The number of carbonyl (C=O) groups excluding carboxylic acids is 3. The summed E-state index contributed by atoms with van der Waals surface area (Å²) in [7, 11) is -3.35. The lowest BCUT2D eigenvalue weighted by molar-refractivity contribution is -0.170. The molecule has 0 spiro atoms. The molecular weight excluding hydrogens is 516 g/mol. The Balaban J connectivity index is 1.39. The third-order valence-electron chi connectivity index (χ3n) is 8.19. The van der Waals surface area contributed by atoms with Crippen LogP contribution in [0.4, 0.5) is 10.5 Å². The van der Waals surface area contributed by atoms with Crippen molar-refractivity contribution in [2.24, 2.45) is 5.92 Å². The Hall–Kier alpha value is -3.40. The second-order valence-corrected chi connectivity index (χ2v) is 12.8. The predicted molar refractivity (Wildman–Crippen MR) is 148 cm³/mol. The molecule has 2 aliphatic heterocycles. The Morgan fingerprint density at radius 2 is 1.67 bits per heavy atom. The van der Waals surface area contributed by atoms with Crippen LogP contribution in [0.15, 0.2) is 59.5 Å². The second-order valence-electron chi connectivity index (χ2n) is 10.8. The first kappa shape index (κ1) is 27.2. The Kier molecular flexibility index (Phi) is 7.93. The predicted octanol–water partition coefficient (Wildman–Crippen LogP) is 3.52. The van der Waals surface area contributed by atoms with Gasteiger partial charge in [-0.05, 0) is 55.0 Å².